The first-order valence-corrected chi connectivity index (χ1v) is 9.68. The van der Waals surface area contributed by atoms with Gasteiger partial charge in [0.15, 0.2) is 5.78 Å². The van der Waals surface area contributed by atoms with Crippen molar-refractivity contribution in [2.75, 3.05) is 23.9 Å². The summed E-state index contributed by atoms with van der Waals surface area (Å²) in [5, 5.41) is 11.8. The molecule has 0 atom stereocenters. The number of amides is 1. The summed E-state index contributed by atoms with van der Waals surface area (Å²) in [5.74, 6) is -1.31. The highest BCUT2D eigenvalue weighted by molar-refractivity contribution is 8.00. The number of hydrogen-bond donors (Lipinski definition) is 2. The summed E-state index contributed by atoms with van der Waals surface area (Å²) in [6.07, 6.45) is 2.16. The van der Waals surface area contributed by atoms with Gasteiger partial charge >= 0.3 is 5.97 Å². The zero-order valence-electron chi connectivity index (χ0n) is 14.3. The molecule has 2 aromatic rings. The van der Waals surface area contributed by atoms with Crippen molar-refractivity contribution in [2.24, 2.45) is 0 Å². The molecule has 0 aliphatic rings. The summed E-state index contributed by atoms with van der Waals surface area (Å²) in [4.78, 5) is 40.3. The van der Waals surface area contributed by atoms with E-state index in [9.17, 15) is 14.4 Å². The van der Waals surface area contributed by atoms with Crippen molar-refractivity contribution < 1.29 is 24.2 Å². The number of thiophene rings is 1. The molecule has 0 saturated heterocycles. The Hall–Kier alpha value is -2.39. The SMILES string of the molecule is CCc1cc(C(=O)c2ccc(OC)nc2)c(NC(=O)CSCC(=O)O)s1. The topological polar surface area (TPSA) is 106 Å². The summed E-state index contributed by atoms with van der Waals surface area (Å²) in [6.45, 7) is 1.96. The number of aromatic nitrogens is 1. The predicted octanol–water partition coefficient (Wildman–Crippen LogP) is 2.70. The lowest BCUT2D eigenvalue weighted by Crippen LogP contribution is -2.16. The number of hydrogen-bond acceptors (Lipinski definition) is 7. The van der Waals surface area contributed by atoms with Gasteiger partial charge in [0.05, 0.1) is 24.2 Å². The van der Waals surface area contributed by atoms with E-state index in [1.54, 1.807) is 18.2 Å². The molecule has 138 valence electrons. The van der Waals surface area contributed by atoms with Crippen LogP contribution in [-0.4, -0.2) is 46.4 Å². The smallest absolute Gasteiger partial charge is 0.313 e. The number of rotatable bonds is 9. The number of nitrogens with zero attached hydrogens (tertiary/aromatic N) is 1. The van der Waals surface area contributed by atoms with Crippen molar-refractivity contribution in [3.05, 3.63) is 40.4 Å². The van der Waals surface area contributed by atoms with Crippen LogP contribution in [-0.2, 0) is 16.0 Å². The maximum Gasteiger partial charge on any atom is 0.313 e. The summed E-state index contributed by atoms with van der Waals surface area (Å²) < 4.78 is 4.99. The Kier molecular flexibility index (Phi) is 7.16. The predicted molar refractivity (Wildman–Crippen MR) is 102 cm³/mol. The molecule has 2 heterocycles. The zero-order chi connectivity index (χ0) is 19.1. The van der Waals surface area contributed by atoms with E-state index in [2.05, 4.69) is 10.3 Å². The minimum Gasteiger partial charge on any atom is -0.481 e. The van der Waals surface area contributed by atoms with Crippen LogP contribution in [0.4, 0.5) is 5.00 Å². The number of anilines is 1. The van der Waals surface area contributed by atoms with Gasteiger partial charge in [-0.1, -0.05) is 6.92 Å². The first-order valence-electron chi connectivity index (χ1n) is 7.71. The molecule has 7 nitrogen and oxygen atoms in total. The Morgan fingerprint density at radius 3 is 2.65 bits per heavy atom. The highest BCUT2D eigenvalue weighted by atomic mass is 32.2. The lowest BCUT2D eigenvalue weighted by atomic mass is 10.1. The first-order chi connectivity index (χ1) is 12.4. The van der Waals surface area contributed by atoms with Gasteiger partial charge in [-0.25, -0.2) is 4.98 Å². The van der Waals surface area contributed by atoms with Crippen molar-refractivity contribution in [3.63, 3.8) is 0 Å². The molecule has 0 aromatic carbocycles. The summed E-state index contributed by atoms with van der Waals surface area (Å²) >= 11 is 2.33. The molecular formula is C17H18N2O5S2. The second-order valence-electron chi connectivity index (χ2n) is 5.16. The highest BCUT2D eigenvalue weighted by Gasteiger charge is 2.19. The molecule has 0 aliphatic heterocycles. The third kappa shape index (κ3) is 5.30. The molecule has 0 bridgehead atoms. The van der Waals surface area contributed by atoms with Gasteiger partial charge in [-0.15, -0.1) is 23.1 Å². The molecule has 0 unspecified atom stereocenters. The Morgan fingerprint density at radius 2 is 2.08 bits per heavy atom. The third-order valence-electron chi connectivity index (χ3n) is 3.30. The maximum atomic E-state index is 12.8. The van der Waals surface area contributed by atoms with E-state index in [-0.39, 0.29) is 23.2 Å². The van der Waals surface area contributed by atoms with Crippen molar-refractivity contribution in [1.82, 2.24) is 4.98 Å². The Morgan fingerprint density at radius 1 is 1.31 bits per heavy atom. The molecule has 2 rings (SSSR count). The third-order valence-corrected chi connectivity index (χ3v) is 5.41. The second kappa shape index (κ2) is 9.35. The quantitative estimate of drug-likeness (QED) is 0.630. The van der Waals surface area contributed by atoms with E-state index in [4.69, 9.17) is 9.84 Å². The average molecular weight is 394 g/mol. The number of aryl methyl sites for hydroxylation is 1. The molecular weight excluding hydrogens is 376 g/mol. The van der Waals surface area contributed by atoms with Gasteiger partial charge in [-0.2, -0.15) is 0 Å². The fraction of sp³-hybridized carbons (Fsp3) is 0.294. The lowest BCUT2D eigenvalue weighted by molar-refractivity contribution is -0.133. The fourth-order valence-electron chi connectivity index (χ4n) is 2.06. The van der Waals surface area contributed by atoms with Crippen LogP contribution in [0.25, 0.3) is 0 Å². The summed E-state index contributed by atoms with van der Waals surface area (Å²) in [5.41, 5.74) is 0.789. The van der Waals surface area contributed by atoms with Crippen LogP contribution < -0.4 is 10.1 Å². The van der Waals surface area contributed by atoms with Crippen LogP contribution in [0, 0.1) is 0 Å². The van der Waals surface area contributed by atoms with Crippen molar-refractivity contribution in [3.8, 4) is 5.88 Å². The number of aliphatic carboxylic acids is 1. The van der Waals surface area contributed by atoms with Gasteiger partial charge in [-0.05, 0) is 18.6 Å². The van der Waals surface area contributed by atoms with Crippen molar-refractivity contribution in [1.29, 1.82) is 0 Å². The first kappa shape index (κ1) is 19.9. The van der Waals surface area contributed by atoms with Crippen molar-refractivity contribution in [2.45, 2.75) is 13.3 Å². The summed E-state index contributed by atoms with van der Waals surface area (Å²) in [7, 11) is 1.49. The Bertz CT molecular complexity index is 802. The number of thioether (sulfide) groups is 1. The lowest BCUT2D eigenvalue weighted by Gasteiger charge is -2.06. The second-order valence-corrected chi connectivity index (χ2v) is 7.28. The Balaban J connectivity index is 2.17. The molecule has 2 N–H and O–H groups in total. The number of ether oxygens (including phenoxy) is 1. The zero-order valence-corrected chi connectivity index (χ0v) is 15.9. The van der Waals surface area contributed by atoms with Crippen LogP contribution in [0.1, 0.15) is 27.7 Å². The van der Waals surface area contributed by atoms with E-state index in [0.29, 0.717) is 22.0 Å². The number of pyridine rings is 1. The largest absolute Gasteiger partial charge is 0.481 e. The molecule has 26 heavy (non-hydrogen) atoms. The Labute approximate surface area is 158 Å². The van der Waals surface area contributed by atoms with Gasteiger partial charge in [0.1, 0.15) is 5.00 Å². The molecule has 1 amide bonds. The van der Waals surface area contributed by atoms with Crippen LogP contribution in [0.2, 0.25) is 0 Å². The maximum absolute atomic E-state index is 12.8. The van der Waals surface area contributed by atoms with Crippen LogP contribution in [0.3, 0.4) is 0 Å². The van der Waals surface area contributed by atoms with Gasteiger partial charge < -0.3 is 15.2 Å². The molecule has 9 heteroatoms. The number of carbonyl (C=O) groups excluding carboxylic acids is 2. The van der Waals surface area contributed by atoms with E-state index in [1.165, 1.54) is 24.6 Å². The van der Waals surface area contributed by atoms with Crippen LogP contribution in [0.15, 0.2) is 24.4 Å². The number of ketones is 1. The van der Waals surface area contributed by atoms with E-state index in [0.717, 1.165) is 23.1 Å². The van der Waals surface area contributed by atoms with Gasteiger partial charge in [0, 0.05) is 22.7 Å². The standard InChI is InChI=1S/C17H18N2O5S2/c1-3-11-6-12(16(23)10-4-5-14(24-2)18-7-10)17(26-11)19-13(20)8-25-9-15(21)22/h4-7H,3,8-9H2,1-2H3,(H,19,20)(H,21,22). The number of carboxylic acid groups (broad SMARTS) is 1. The van der Waals surface area contributed by atoms with Crippen LogP contribution >= 0.6 is 23.1 Å². The van der Waals surface area contributed by atoms with E-state index >= 15 is 0 Å². The number of nitrogens with one attached hydrogen (secondary N) is 1. The molecule has 0 radical (unpaired) electrons. The highest BCUT2D eigenvalue weighted by Crippen LogP contribution is 2.31. The van der Waals surface area contributed by atoms with Crippen molar-refractivity contribution >= 4 is 45.8 Å². The molecule has 0 aliphatic carbocycles. The average Bonchev–Trinajstić information content (AvgIpc) is 3.03. The fourth-order valence-corrected chi connectivity index (χ4v) is 3.61. The number of carboxylic acids is 1. The van der Waals surface area contributed by atoms with E-state index in [1.807, 2.05) is 6.92 Å². The monoisotopic (exact) mass is 394 g/mol. The molecule has 0 saturated carbocycles. The molecule has 0 fully saturated rings. The van der Waals surface area contributed by atoms with Gasteiger partial charge in [0.2, 0.25) is 11.8 Å². The molecule has 2 aromatic heterocycles. The number of methoxy groups -OCH3 is 1. The minimum absolute atomic E-state index is 0.00335. The molecule has 0 spiro atoms. The number of carbonyl (C=O) groups is 3. The normalized spacial score (nSPS) is 10.4. The minimum atomic E-state index is -0.977. The van der Waals surface area contributed by atoms with Gasteiger partial charge in [-0.3, -0.25) is 14.4 Å². The van der Waals surface area contributed by atoms with Gasteiger partial charge in [0.25, 0.3) is 0 Å². The summed E-state index contributed by atoms with van der Waals surface area (Å²) in [6, 6.07) is 4.98. The van der Waals surface area contributed by atoms with E-state index < -0.39 is 5.97 Å². The van der Waals surface area contributed by atoms with Crippen LogP contribution in [0.5, 0.6) is 5.88 Å².